The van der Waals surface area contributed by atoms with Crippen molar-refractivity contribution < 1.29 is 0 Å². The fourth-order valence-electron chi connectivity index (χ4n) is 3.36. The molecule has 0 unspecified atom stereocenters. The first-order valence-electron chi connectivity index (χ1n) is 9.28. The van der Waals surface area contributed by atoms with E-state index in [0.29, 0.717) is 0 Å². The van der Waals surface area contributed by atoms with Crippen LogP contribution in [0.3, 0.4) is 0 Å². The maximum absolute atomic E-state index is 2.38. The van der Waals surface area contributed by atoms with E-state index in [2.05, 4.69) is 75.4 Å². The standard InChI is InChI=1S/C22H24.C2H6/c1-4-9-20-14-19-13-12-18(16(3)5-2)15-21(19)22(20)17-10-7-6-8-11-17;1-2/h5-8,10-13,15H,4,9,14H2,1-3H3;1-2H3/b16-5+;. The summed E-state index contributed by atoms with van der Waals surface area (Å²) in [5.41, 5.74) is 10.0. The third-order valence-electron chi connectivity index (χ3n) is 4.64. The predicted octanol–water partition coefficient (Wildman–Crippen LogP) is 7.29. The number of fused-ring (bicyclic) bond motifs is 1. The Morgan fingerprint density at radius 3 is 2.38 bits per heavy atom. The molecule has 0 saturated carbocycles. The van der Waals surface area contributed by atoms with Crippen LogP contribution in [0.5, 0.6) is 0 Å². The van der Waals surface area contributed by atoms with E-state index in [1.165, 1.54) is 46.2 Å². The molecule has 2 aromatic carbocycles. The second-order valence-corrected chi connectivity index (χ2v) is 6.11. The highest BCUT2D eigenvalue weighted by molar-refractivity contribution is 5.88. The highest BCUT2D eigenvalue weighted by Crippen LogP contribution is 2.40. The van der Waals surface area contributed by atoms with Crippen LogP contribution >= 0.6 is 0 Å². The van der Waals surface area contributed by atoms with Crippen LogP contribution in [0.15, 0.2) is 60.2 Å². The van der Waals surface area contributed by atoms with Gasteiger partial charge in [0.1, 0.15) is 0 Å². The lowest BCUT2D eigenvalue weighted by Crippen LogP contribution is -1.90. The summed E-state index contributed by atoms with van der Waals surface area (Å²) < 4.78 is 0. The van der Waals surface area contributed by atoms with Crippen molar-refractivity contribution in [3.8, 4) is 0 Å². The van der Waals surface area contributed by atoms with Gasteiger partial charge in [0.2, 0.25) is 0 Å². The smallest absolute Gasteiger partial charge is 0.00515 e. The Kier molecular flexibility index (Phi) is 6.61. The molecular formula is C24H30. The summed E-state index contributed by atoms with van der Waals surface area (Å²) in [6, 6.07) is 17.9. The Hall–Kier alpha value is -2.08. The first kappa shape index (κ1) is 18.3. The average Bonchev–Trinajstić information content (AvgIpc) is 3.00. The van der Waals surface area contributed by atoms with Crippen LogP contribution < -0.4 is 0 Å². The van der Waals surface area contributed by atoms with Gasteiger partial charge in [0.25, 0.3) is 0 Å². The van der Waals surface area contributed by atoms with E-state index in [9.17, 15) is 0 Å². The Morgan fingerprint density at radius 1 is 1.04 bits per heavy atom. The Morgan fingerprint density at radius 2 is 1.75 bits per heavy atom. The number of benzene rings is 2. The van der Waals surface area contributed by atoms with E-state index in [-0.39, 0.29) is 0 Å². The van der Waals surface area contributed by atoms with Gasteiger partial charge in [0.15, 0.2) is 0 Å². The number of hydrogen-bond acceptors (Lipinski definition) is 0. The Labute approximate surface area is 147 Å². The van der Waals surface area contributed by atoms with E-state index in [0.717, 1.165) is 6.42 Å². The molecule has 0 spiro atoms. The summed E-state index contributed by atoms with van der Waals surface area (Å²) in [6.07, 6.45) is 5.70. The summed E-state index contributed by atoms with van der Waals surface area (Å²) in [5.74, 6) is 0. The molecule has 0 amide bonds. The largest absolute Gasteiger partial charge is 0.0841 e. The zero-order valence-electron chi connectivity index (χ0n) is 15.8. The molecule has 0 N–H and O–H groups in total. The summed E-state index contributed by atoms with van der Waals surface area (Å²) >= 11 is 0. The summed E-state index contributed by atoms with van der Waals surface area (Å²) in [6.45, 7) is 10.6. The van der Waals surface area contributed by atoms with Gasteiger partial charge in [-0.3, -0.25) is 0 Å². The minimum Gasteiger partial charge on any atom is -0.0841 e. The maximum atomic E-state index is 2.38. The fraction of sp³-hybridized carbons (Fsp3) is 0.333. The van der Waals surface area contributed by atoms with Gasteiger partial charge in [0, 0.05) is 0 Å². The van der Waals surface area contributed by atoms with Crippen LogP contribution in [0, 0.1) is 0 Å². The second-order valence-electron chi connectivity index (χ2n) is 6.11. The Bertz CT molecular complexity index is 730. The van der Waals surface area contributed by atoms with E-state index >= 15 is 0 Å². The van der Waals surface area contributed by atoms with Crippen LogP contribution in [-0.4, -0.2) is 0 Å². The molecule has 24 heavy (non-hydrogen) atoms. The highest BCUT2D eigenvalue weighted by atomic mass is 14.3. The molecule has 0 radical (unpaired) electrons. The molecular weight excluding hydrogens is 288 g/mol. The third kappa shape index (κ3) is 3.70. The van der Waals surface area contributed by atoms with Crippen molar-refractivity contribution in [3.05, 3.63) is 82.4 Å². The SMILES string of the molecule is C/C=C(\C)c1ccc2c(c1)C(c1ccccc1)=C(CCC)C2.CC. The van der Waals surface area contributed by atoms with Crippen LogP contribution in [0.25, 0.3) is 11.1 Å². The zero-order valence-corrected chi connectivity index (χ0v) is 15.8. The molecule has 0 aliphatic heterocycles. The van der Waals surface area contributed by atoms with Gasteiger partial charge in [-0.25, -0.2) is 0 Å². The van der Waals surface area contributed by atoms with E-state index < -0.39 is 0 Å². The van der Waals surface area contributed by atoms with Gasteiger partial charge in [0.05, 0.1) is 0 Å². The summed E-state index contributed by atoms with van der Waals surface area (Å²) in [4.78, 5) is 0. The first-order valence-corrected chi connectivity index (χ1v) is 9.28. The highest BCUT2D eigenvalue weighted by Gasteiger charge is 2.22. The molecule has 0 nitrogen and oxygen atoms in total. The van der Waals surface area contributed by atoms with Crippen LogP contribution in [0.1, 0.15) is 69.7 Å². The number of allylic oxidation sites excluding steroid dienone is 3. The number of rotatable bonds is 4. The van der Waals surface area contributed by atoms with E-state index in [1.807, 2.05) is 13.8 Å². The van der Waals surface area contributed by atoms with Crippen molar-refractivity contribution in [2.75, 3.05) is 0 Å². The monoisotopic (exact) mass is 318 g/mol. The van der Waals surface area contributed by atoms with E-state index in [4.69, 9.17) is 0 Å². The van der Waals surface area contributed by atoms with Gasteiger partial charge in [-0.1, -0.05) is 81.3 Å². The van der Waals surface area contributed by atoms with Crippen LogP contribution in [0.4, 0.5) is 0 Å². The second kappa shape index (κ2) is 8.68. The van der Waals surface area contributed by atoms with Crippen molar-refractivity contribution >= 4 is 11.1 Å². The molecule has 1 aliphatic carbocycles. The van der Waals surface area contributed by atoms with Crippen molar-refractivity contribution in [1.82, 2.24) is 0 Å². The van der Waals surface area contributed by atoms with Crippen molar-refractivity contribution in [1.29, 1.82) is 0 Å². The van der Waals surface area contributed by atoms with Gasteiger partial charge >= 0.3 is 0 Å². The molecule has 1 aliphatic rings. The van der Waals surface area contributed by atoms with E-state index in [1.54, 1.807) is 5.57 Å². The zero-order chi connectivity index (χ0) is 17.5. The average molecular weight is 319 g/mol. The van der Waals surface area contributed by atoms with Gasteiger partial charge in [-0.2, -0.15) is 0 Å². The molecule has 0 aromatic heterocycles. The molecule has 0 fully saturated rings. The maximum Gasteiger partial charge on any atom is -0.00515 e. The Balaban J connectivity index is 0.00000100. The lowest BCUT2D eigenvalue weighted by atomic mass is 9.94. The molecule has 0 saturated heterocycles. The van der Waals surface area contributed by atoms with Gasteiger partial charge < -0.3 is 0 Å². The number of hydrogen-bond donors (Lipinski definition) is 0. The lowest BCUT2D eigenvalue weighted by molar-refractivity contribution is 0.884. The molecule has 0 heterocycles. The quantitative estimate of drug-likeness (QED) is 0.555. The summed E-state index contributed by atoms with van der Waals surface area (Å²) in [7, 11) is 0. The van der Waals surface area contributed by atoms with Crippen molar-refractivity contribution in [3.63, 3.8) is 0 Å². The van der Waals surface area contributed by atoms with Crippen LogP contribution in [-0.2, 0) is 6.42 Å². The van der Waals surface area contributed by atoms with Crippen molar-refractivity contribution in [2.45, 2.75) is 53.9 Å². The van der Waals surface area contributed by atoms with Crippen molar-refractivity contribution in [2.24, 2.45) is 0 Å². The van der Waals surface area contributed by atoms with Crippen LogP contribution in [0.2, 0.25) is 0 Å². The molecule has 0 atom stereocenters. The molecule has 2 aromatic rings. The fourth-order valence-corrected chi connectivity index (χ4v) is 3.36. The topological polar surface area (TPSA) is 0 Å². The van der Waals surface area contributed by atoms with Gasteiger partial charge in [-0.15, -0.1) is 0 Å². The molecule has 0 bridgehead atoms. The lowest BCUT2D eigenvalue weighted by Gasteiger charge is -2.10. The molecule has 0 heteroatoms. The normalized spacial score (nSPS) is 13.5. The third-order valence-corrected chi connectivity index (χ3v) is 4.64. The predicted molar refractivity (Wildman–Crippen MR) is 108 cm³/mol. The minimum absolute atomic E-state index is 1.11. The minimum atomic E-state index is 1.11. The molecule has 126 valence electrons. The van der Waals surface area contributed by atoms with Gasteiger partial charge in [-0.05, 0) is 66.2 Å². The molecule has 3 rings (SSSR count). The first-order chi connectivity index (χ1) is 11.7. The summed E-state index contributed by atoms with van der Waals surface area (Å²) in [5, 5.41) is 0.